The predicted molar refractivity (Wildman–Crippen MR) is 49.7 cm³/mol. The zero-order valence-electron chi connectivity index (χ0n) is 6.79. The molecule has 1 aromatic heterocycles. The molecule has 3 heteroatoms. The summed E-state index contributed by atoms with van der Waals surface area (Å²) in [6, 6.07) is 0. The van der Waals surface area contributed by atoms with E-state index in [-0.39, 0.29) is 0 Å². The standard InChI is InChI=1S/C8H12N2S/c1-7(4-9-2)3-8-5-11-6-10-8/h3,5-6,9H,4H2,1-2H3. The van der Waals surface area contributed by atoms with Gasteiger partial charge in [0.2, 0.25) is 0 Å². The van der Waals surface area contributed by atoms with E-state index < -0.39 is 0 Å². The molecule has 0 aliphatic heterocycles. The van der Waals surface area contributed by atoms with E-state index in [1.807, 2.05) is 17.9 Å². The molecule has 0 saturated carbocycles. The van der Waals surface area contributed by atoms with Crippen LogP contribution in [0, 0.1) is 0 Å². The molecule has 0 aliphatic rings. The summed E-state index contributed by atoms with van der Waals surface area (Å²) in [4.78, 5) is 4.15. The lowest BCUT2D eigenvalue weighted by Crippen LogP contribution is -2.08. The van der Waals surface area contributed by atoms with Gasteiger partial charge < -0.3 is 5.32 Å². The highest BCUT2D eigenvalue weighted by Gasteiger charge is 1.90. The normalized spacial score (nSPS) is 12.0. The Labute approximate surface area is 71.0 Å². The number of nitrogens with one attached hydrogen (secondary N) is 1. The van der Waals surface area contributed by atoms with E-state index in [0.717, 1.165) is 12.2 Å². The lowest BCUT2D eigenvalue weighted by atomic mass is 10.2. The third kappa shape index (κ3) is 2.82. The molecule has 0 bridgehead atoms. The lowest BCUT2D eigenvalue weighted by Gasteiger charge is -1.96. The monoisotopic (exact) mass is 168 g/mol. The first kappa shape index (κ1) is 8.43. The van der Waals surface area contributed by atoms with Gasteiger partial charge in [0.15, 0.2) is 0 Å². The number of rotatable bonds is 3. The van der Waals surface area contributed by atoms with Crippen LogP contribution in [0.4, 0.5) is 0 Å². The van der Waals surface area contributed by atoms with E-state index in [1.165, 1.54) is 5.57 Å². The summed E-state index contributed by atoms with van der Waals surface area (Å²) in [7, 11) is 1.94. The van der Waals surface area contributed by atoms with Crippen molar-refractivity contribution in [1.82, 2.24) is 10.3 Å². The van der Waals surface area contributed by atoms with Crippen molar-refractivity contribution < 1.29 is 0 Å². The Hall–Kier alpha value is -0.670. The van der Waals surface area contributed by atoms with Crippen molar-refractivity contribution in [2.75, 3.05) is 13.6 Å². The molecule has 0 atom stereocenters. The Morgan fingerprint density at radius 3 is 3.18 bits per heavy atom. The molecule has 11 heavy (non-hydrogen) atoms. The summed E-state index contributed by atoms with van der Waals surface area (Å²) in [5.74, 6) is 0. The van der Waals surface area contributed by atoms with Crippen LogP contribution in [0.3, 0.4) is 0 Å². The number of hydrogen-bond donors (Lipinski definition) is 1. The highest BCUT2D eigenvalue weighted by molar-refractivity contribution is 7.07. The molecule has 1 rings (SSSR count). The first-order chi connectivity index (χ1) is 5.33. The lowest BCUT2D eigenvalue weighted by molar-refractivity contribution is 0.884. The van der Waals surface area contributed by atoms with Crippen LogP contribution >= 0.6 is 11.3 Å². The number of hydrogen-bond acceptors (Lipinski definition) is 3. The van der Waals surface area contributed by atoms with Crippen LogP contribution in [-0.4, -0.2) is 18.6 Å². The summed E-state index contributed by atoms with van der Waals surface area (Å²) >= 11 is 1.62. The van der Waals surface area contributed by atoms with Gasteiger partial charge in [-0.05, 0) is 20.0 Å². The van der Waals surface area contributed by atoms with Gasteiger partial charge in [-0.3, -0.25) is 0 Å². The third-order valence-corrected chi connectivity index (χ3v) is 1.91. The number of nitrogens with zero attached hydrogens (tertiary/aromatic N) is 1. The highest BCUT2D eigenvalue weighted by atomic mass is 32.1. The van der Waals surface area contributed by atoms with Gasteiger partial charge >= 0.3 is 0 Å². The van der Waals surface area contributed by atoms with Gasteiger partial charge in [-0.1, -0.05) is 5.57 Å². The zero-order valence-corrected chi connectivity index (χ0v) is 7.61. The predicted octanol–water partition coefficient (Wildman–Crippen LogP) is 1.77. The van der Waals surface area contributed by atoms with Crippen LogP contribution in [0.1, 0.15) is 12.6 Å². The van der Waals surface area contributed by atoms with E-state index in [4.69, 9.17) is 0 Å². The van der Waals surface area contributed by atoms with Crippen molar-refractivity contribution in [3.8, 4) is 0 Å². The van der Waals surface area contributed by atoms with Gasteiger partial charge in [0.1, 0.15) is 0 Å². The maximum absolute atomic E-state index is 4.15. The van der Waals surface area contributed by atoms with Crippen LogP contribution < -0.4 is 5.32 Å². The van der Waals surface area contributed by atoms with Crippen LogP contribution in [0.15, 0.2) is 16.5 Å². The third-order valence-electron chi connectivity index (χ3n) is 1.30. The van der Waals surface area contributed by atoms with E-state index in [9.17, 15) is 0 Å². The topological polar surface area (TPSA) is 24.9 Å². The molecule has 0 saturated heterocycles. The van der Waals surface area contributed by atoms with Gasteiger partial charge in [0, 0.05) is 11.9 Å². The SMILES string of the molecule is CNCC(C)=Cc1cscn1. The summed E-state index contributed by atoms with van der Waals surface area (Å²) < 4.78 is 0. The molecule has 1 aromatic rings. The van der Waals surface area contributed by atoms with Crippen molar-refractivity contribution >= 4 is 17.4 Å². The van der Waals surface area contributed by atoms with Crippen molar-refractivity contribution in [2.24, 2.45) is 0 Å². The van der Waals surface area contributed by atoms with Gasteiger partial charge in [0.05, 0.1) is 11.2 Å². The molecule has 0 unspecified atom stereocenters. The minimum absolute atomic E-state index is 0.928. The van der Waals surface area contributed by atoms with Crippen molar-refractivity contribution in [2.45, 2.75) is 6.92 Å². The van der Waals surface area contributed by atoms with Gasteiger partial charge in [0.25, 0.3) is 0 Å². The number of likely N-dealkylation sites (N-methyl/N-ethyl adjacent to an activating group) is 1. The molecule has 0 amide bonds. The zero-order chi connectivity index (χ0) is 8.10. The molecule has 0 radical (unpaired) electrons. The first-order valence-electron chi connectivity index (χ1n) is 3.53. The minimum atomic E-state index is 0.928. The summed E-state index contributed by atoms with van der Waals surface area (Å²) in [6.07, 6.45) is 2.09. The molecular formula is C8H12N2S. The second-order valence-corrected chi connectivity index (χ2v) is 3.15. The average molecular weight is 168 g/mol. The summed E-state index contributed by atoms with van der Waals surface area (Å²) in [5.41, 5.74) is 4.21. The minimum Gasteiger partial charge on any atom is -0.316 e. The average Bonchev–Trinajstić information content (AvgIpc) is 2.40. The maximum atomic E-state index is 4.15. The quantitative estimate of drug-likeness (QED) is 0.744. The van der Waals surface area contributed by atoms with Gasteiger partial charge in [-0.2, -0.15) is 0 Å². The van der Waals surface area contributed by atoms with Gasteiger partial charge in [-0.25, -0.2) is 4.98 Å². The number of aromatic nitrogens is 1. The van der Waals surface area contributed by atoms with E-state index >= 15 is 0 Å². The fraction of sp³-hybridized carbons (Fsp3) is 0.375. The number of thiazole rings is 1. The first-order valence-corrected chi connectivity index (χ1v) is 4.47. The molecule has 0 aliphatic carbocycles. The van der Waals surface area contributed by atoms with Crippen LogP contribution in [0.5, 0.6) is 0 Å². The fourth-order valence-electron chi connectivity index (χ4n) is 0.875. The summed E-state index contributed by atoms with van der Waals surface area (Å²) in [6.45, 7) is 3.02. The second kappa shape index (κ2) is 4.26. The molecule has 0 aromatic carbocycles. The van der Waals surface area contributed by atoms with Crippen LogP contribution in [0.25, 0.3) is 6.08 Å². The van der Waals surface area contributed by atoms with E-state index in [1.54, 1.807) is 11.3 Å². The molecule has 2 nitrogen and oxygen atoms in total. The highest BCUT2D eigenvalue weighted by Crippen LogP contribution is 2.05. The van der Waals surface area contributed by atoms with Crippen LogP contribution in [-0.2, 0) is 0 Å². The second-order valence-electron chi connectivity index (χ2n) is 2.43. The van der Waals surface area contributed by atoms with E-state index in [0.29, 0.717) is 0 Å². The Bertz CT molecular complexity index is 226. The molecule has 0 spiro atoms. The molecular weight excluding hydrogens is 156 g/mol. The van der Waals surface area contributed by atoms with Crippen molar-refractivity contribution in [3.63, 3.8) is 0 Å². The largest absolute Gasteiger partial charge is 0.316 e. The molecule has 1 heterocycles. The Morgan fingerprint density at radius 1 is 1.82 bits per heavy atom. The Morgan fingerprint density at radius 2 is 2.64 bits per heavy atom. The van der Waals surface area contributed by atoms with Crippen LogP contribution in [0.2, 0.25) is 0 Å². The smallest absolute Gasteiger partial charge is 0.0798 e. The maximum Gasteiger partial charge on any atom is 0.0798 e. The van der Waals surface area contributed by atoms with Gasteiger partial charge in [-0.15, -0.1) is 11.3 Å². The molecule has 0 fully saturated rings. The Kier molecular flexibility index (Phi) is 3.26. The van der Waals surface area contributed by atoms with Crippen molar-refractivity contribution in [1.29, 1.82) is 0 Å². The molecule has 60 valence electrons. The summed E-state index contributed by atoms with van der Waals surface area (Å²) in [5, 5.41) is 5.13. The van der Waals surface area contributed by atoms with Crippen molar-refractivity contribution in [3.05, 3.63) is 22.2 Å². The Balaban J connectivity index is 2.58. The van der Waals surface area contributed by atoms with E-state index in [2.05, 4.69) is 23.3 Å². The molecule has 1 N–H and O–H groups in total. The fourth-order valence-corrected chi connectivity index (χ4v) is 1.39.